The van der Waals surface area contributed by atoms with E-state index in [4.69, 9.17) is 33.2 Å². The number of carbonyl (C=O) groups excluding carboxylic acids is 2. The average molecular weight is 447 g/mol. The maximum Gasteiger partial charge on any atom is 0.262 e. The SMILES string of the molecule is CC(C)C(NC(=O)c1ccc(Cl)c(Cl)c1)C(=O)N/N=C/c1cccc(OCC#N)c1. The quantitative estimate of drug-likeness (QED) is 0.475. The Labute approximate surface area is 184 Å². The highest BCUT2D eigenvalue weighted by atomic mass is 35.5. The molecule has 2 rings (SSSR count). The van der Waals surface area contributed by atoms with E-state index in [9.17, 15) is 9.59 Å². The Balaban J connectivity index is 2.01. The van der Waals surface area contributed by atoms with E-state index in [1.807, 2.05) is 6.07 Å². The van der Waals surface area contributed by atoms with Gasteiger partial charge in [0.05, 0.1) is 16.3 Å². The number of halogens is 2. The summed E-state index contributed by atoms with van der Waals surface area (Å²) < 4.78 is 5.22. The Morgan fingerprint density at radius 3 is 2.63 bits per heavy atom. The molecule has 2 aromatic carbocycles. The van der Waals surface area contributed by atoms with Crippen LogP contribution in [0.1, 0.15) is 29.8 Å². The number of hydrazone groups is 1. The van der Waals surface area contributed by atoms with Crippen LogP contribution in [0, 0.1) is 17.2 Å². The Hall–Kier alpha value is -3.08. The van der Waals surface area contributed by atoms with Crippen molar-refractivity contribution in [3.63, 3.8) is 0 Å². The second-order valence-electron chi connectivity index (χ2n) is 6.58. The number of hydrogen-bond acceptors (Lipinski definition) is 5. The summed E-state index contributed by atoms with van der Waals surface area (Å²) in [5.41, 5.74) is 3.39. The van der Waals surface area contributed by atoms with Crippen molar-refractivity contribution in [1.82, 2.24) is 10.7 Å². The molecule has 156 valence electrons. The molecular formula is C21H20Cl2N4O3. The number of nitrogens with zero attached hydrogens (tertiary/aromatic N) is 2. The predicted molar refractivity (Wildman–Crippen MR) is 116 cm³/mol. The van der Waals surface area contributed by atoms with E-state index in [1.165, 1.54) is 24.4 Å². The summed E-state index contributed by atoms with van der Waals surface area (Å²) in [7, 11) is 0. The summed E-state index contributed by atoms with van der Waals surface area (Å²) in [6.07, 6.45) is 1.44. The molecule has 0 aliphatic heterocycles. The molecule has 0 spiro atoms. The largest absolute Gasteiger partial charge is 0.479 e. The van der Waals surface area contributed by atoms with Crippen molar-refractivity contribution in [3.05, 3.63) is 63.6 Å². The molecule has 7 nitrogen and oxygen atoms in total. The van der Waals surface area contributed by atoms with Crippen LogP contribution in [0.3, 0.4) is 0 Å². The molecule has 1 unspecified atom stereocenters. The first-order chi connectivity index (χ1) is 14.3. The van der Waals surface area contributed by atoms with Gasteiger partial charge in [-0.3, -0.25) is 9.59 Å². The van der Waals surface area contributed by atoms with E-state index in [-0.39, 0.29) is 17.5 Å². The van der Waals surface area contributed by atoms with E-state index in [0.29, 0.717) is 21.9 Å². The van der Waals surface area contributed by atoms with Crippen LogP contribution < -0.4 is 15.5 Å². The summed E-state index contributed by atoms with van der Waals surface area (Å²) in [4.78, 5) is 25.0. The number of amides is 2. The van der Waals surface area contributed by atoms with Crippen LogP contribution in [0.5, 0.6) is 5.75 Å². The molecule has 2 N–H and O–H groups in total. The number of hydrogen-bond donors (Lipinski definition) is 2. The highest BCUT2D eigenvalue weighted by Crippen LogP contribution is 2.22. The molecule has 0 saturated heterocycles. The lowest BCUT2D eigenvalue weighted by molar-refractivity contribution is -0.123. The molecule has 9 heteroatoms. The van der Waals surface area contributed by atoms with Gasteiger partial charge in [-0.25, -0.2) is 5.43 Å². The zero-order chi connectivity index (χ0) is 22.1. The van der Waals surface area contributed by atoms with E-state index >= 15 is 0 Å². The first-order valence-corrected chi connectivity index (χ1v) is 9.76. The Kier molecular flexibility index (Phi) is 8.66. The van der Waals surface area contributed by atoms with Gasteiger partial charge in [0.1, 0.15) is 17.9 Å². The maximum atomic E-state index is 12.5. The van der Waals surface area contributed by atoms with Gasteiger partial charge < -0.3 is 10.1 Å². The van der Waals surface area contributed by atoms with Crippen molar-refractivity contribution in [2.45, 2.75) is 19.9 Å². The summed E-state index contributed by atoms with van der Waals surface area (Å²) in [6, 6.07) is 12.5. The van der Waals surface area contributed by atoms with E-state index < -0.39 is 17.9 Å². The average Bonchev–Trinajstić information content (AvgIpc) is 2.72. The van der Waals surface area contributed by atoms with Crippen LogP contribution in [0.25, 0.3) is 0 Å². The maximum absolute atomic E-state index is 12.5. The molecule has 0 radical (unpaired) electrons. The molecular weight excluding hydrogens is 427 g/mol. The Morgan fingerprint density at radius 1 is 1.20 bits per heavy atom. The minimum Gasteiger partial charge on any atom is -0.479 e. The molecule has 30 heavy (non-hydrogen) atoms. The molecule has 0 aromatic heterocycles. The highest BCUT2D eigenvalue weighted by molar-refractivity contribution is 6.42. The molecule has 2 aromatic rings. The lowest BCUT2D eigenvalue weighted by atomic mass is 10.0. The lowest BCUT2D eigenvalue weighted by Crippen LogP contribution is -2.48. The van der Waals surface area contributed by atoms with Crippen LogP contribution in [-0.2, 0) is 4.79 Å². The molecule has 1 atom stereocenters. The minimum absolute atomic E-state index is 0.0636. The third kappa shape index (κ3) is 6.76. The van der Waals surface area contributed by atoms with Crippen LogP contribution >= 0.6 is 23.2 Å². The fourth-order valence-electron chi connectivity index (χ4n) is 2.44. The van der Waals surface area contributed by atoms with Crippen LogP contribution in [-0.4, -0.2) is 30.7 Å². The molecule has 0 fully saturated rings. The number of nitrogens with one attached hydrogen (secondary N) is 2. The number of carbonyl (C=O) groups is 2. The van der Waals surface area contributed by atoms with E-state index in [0.717, 1.165) is 0 Å². The summed E-state index contributed by atoms with van der Waals surface area (Å²) >= 11 is 11.8. The molecule has 0 saturated carbocycles. The third-order valence-electron chi connectivity index (χ3n) is 3.97. The van der Waals surface area contributed by atoms with Crippen molar-refractivity contribution in [3.8, 4) is 11.8 Å². The zero-order valence-corrected chi connectivity index (χ0v) is 17.9. The molecule has 0 aliphatic carbocycles. The predicted octanol–water partition coefficient (Wildman–Crippen LogP) is 3.80. The van der Waals surface area contributed by atoms with Gasteiger partial charge in [-0.1, -0.05) is 49.2 Å². The first-order valence-electron chi connectivity index (χ1n) is 9.00. The van der Waals surface area contributed by atoms with Gasteiger partial charge in [0.2, 0.25) is 0 Å². The summed E-state index contributed by atoms with van der Waals surface area (Å²) in [5.74, 6) is -0.587. The van der Waals surface area contributed by atoms with Crippen molar-refractivity contribution in [2.75, 3.05) is 6.61 Å². The van der Waals surface area contributed by atoms with Gasteiger partial charge in [0, 0.05) is 5.56 Å². The van der Waals surface area contributed by atoms with Gasteiger partial charge in [0.25, 0.3) is 11.8 Å². The van der Waals surface area contributed by atoms with Crippen molar-refractivity contribution < 1.29 is 14.3 Å². The summed E-state index contributed by atoms with van der Waals surface area (Å²) in [6.45, 7) is 3.55. The normalized spacial score (nSPS) is 11.7. The van der Waals surface area contributed by atoms with Crippen LogP contribution in [0.15, 0.2) is 47.6 Å². The standard InChI is InChI=1S/C21H20Cl2N4O3/c1-13(2)19(26-20(28)15-6-7-17(22)18(23)11-15)21(29)27-25-12-14-4-3-5-16(10-14)30-9-8-24/h3-7,10-13,19H,9H2,1-2H3,(H,26,28)(H,27,29)/b25-12+. The summed E-state index contributed by atoms with van der Waals surface area (Å²) in [5, 5.41) is 15.8. The molecule has 0 heterocycles. The molecule has 0 bridgehead atoms. The topological polar surface area (TPSA) is 104 Å². The van der Waals surface area contributed by atoms with Gasteiger partial charge in [-0.2, -0.15) is 10.4 Å². The first kappa shape index (κ1) is 23.2. The van der Waals surface area contributed by atoms with E-state index in [2.05, 4.69) is 15.8 Å². The van der Waals surface area contributed by atoms with Crippen molar-refractivity contribution in [2.24, 2.45) is 11.0 Å². The number of nitriles is 1. The van der Waals surface area contributed by atoms with Gasteiger partial charge in [-0.05, 0) is 41.8 Å². The van der Waals surface area contributed by atoms with Crippen LogP contribution in [0.2, 0.25) is 10.0 Å². The fraction of sp³-hybridized carbons (Fsp3) is 0.238. The fourth-order valence-corrected chi connectivity index (χ4v) is 2.74. The Bertz CT molecular complexity index is 986. The Morgan fingerprint density at radius 2 is 1.97 bits per heavy atom. The zero-order valence-electron chi connectivity index (χ0n) is 16.4. The smallest absolute Gasteiger partial charge is 0.262 e. The number of ether oxygens (including phenoxy) is 1. The third-order valence-corrected chi connectivity index (χ3v) is 4.71. The number of benzene rings is 2. The highest BCUT2D eigenvalue weighted by Gasteiger charge is 2.24. The van der Waals surface area contributed by atoms with Gasteiger partial charge >= 0.3 is 0 Å². The number of rotatable bonds is 8. The van der Waals surface area contributed by atoms with Crippen molar-refractivity contribution >= 4 is 41.2 Å². The van der Waals surface area contributed by atoms with Crippen molar-refractivity contribution in [1.29, 1.82) is 5.26 Å². The monoisotopic (exact) mass is 446 g/mol. The van der Waals surface area contributed by atoms with Crippen LogP contribution in [0.4, 0.5) is 0 Å². The second-order valence-corrected chi connectivity index (χ2v) is 7.39. The second kappa shape index (κ2) is 11.2. The van der Waals surface area contributed by atoms with E-state index in [1.54, 1.807) is 38.1 Å². The lowest BCUT2D eigenvalue weighted by Gasteiger charge is -2.20. The van der Waals surface area contributed by atoms with Gasteiger partial charge in [0.15, 0.2) is 6.61 Å². The molecule has 2 amide bonds. The molecule has 0 aliphatic rings. The van der Waals surface area contributed by atoms with Gasteiger partial charge in [-0.15, -0.1) is 0 Å². The minimum atomic E-state index is -0.811.